The maximum atomic E-state index is 5.96. The molecule has 1 aromatic heterocycles. The van der Waals surface area contributed by atoms with Crippen LogP contribution in [0.5, 0.6) is 0 Å². The van der Waals surface area contributed by atoms with Gasteiger partial charge in [-0.2, -0.15) is 4.98 Å². The molecule has 0 radical (unpaired) electrons. The summed E-state index contributed by atoms with van der Waals surface area (Å²) >= 11 is 5.96. The Morgan fingerprint density at radius 3 is 2.86 bits per heavy atom. The molecule has 1 heterocycles. The highest BCUT2D eigenvalue weighted by Gasteiger charge is 2.18. The molecule has 1 aromatic rings. The molecule has 5 heteroatoms. The fourth-order valence-electron chi connectivity index (χ4n) is 1.33. The molecule has 1 saturated carbocycles. The van der Waals surface area contributed by atoms with Crippen molar-refractivity contribution in [1.82, 2.24) is 9.97 Å². The van der Waals surface area contributed by atoms with E-state index in [0.29, 0.717) is 17.0 Å². The van der Waals surface area contributed by atoms with Gasteiger partial charge in [-0.05, 0) is 19.3 Å². The number of anilines is 2. The van der Waals surface area contributed by atoms with Crippen LogP contribution in [-0.2, 0) is 0 Å². The second-order valence-corrected chi connectivity index (χ2v) is 3.82. The third-order valence-electron chi connectivity index (χ3n) is 2.41. The SMILES string of the molecule is CNc1ncc(Cl)c(NC2CCC2)n1. The van der Waals surface area contributed by atoms with Gasteiger partial charge in [0.1, 0.15) is 5.02 Å². The molecule has 1 aliphatic rings. The summed E-state index contributed by atoms with van der Waals surface area (Å²) < 4.78 is 0. The van der Waals surface area contributed by atoms with Gasteiger partial charge in [-0.15, -0.1) is 0 Å². The highest BCUT2D eigenvalue weighted by atomic mass is 35.5. The van der Waals surface area contributed by atoms with E-state index in [2.05, 4.69) is 20.6 Å². The molecule has 2 rings (SSSR count). The van der Waals surface area contributed by atoms with Crippen molar-refractivity contribution in [3.8, 4) is 0 Å². The summed E-state index contributed by atoms with van der Waals surface area (Å²) in [6.07, 6.45) is 5.31. The van der Waals surface area contributed by atoms with E-state index in [1.54, 1.807) is 13.2 Å². The van der Waals surface area contributed by atoms with Crippen molar-refractivity contribution in [3.05, 3.63) is 11.2 Å². The Kier molecular flexibility index (Phi) is 2.72. The minimum absolute atomic E-state index is 0.534. The summed E-state index contributed by atoms with van der Waals surface area (Å²) in [5, 5.41) is 6.76. The smallest absolute Gasteiger partial charge is 0.224 e. The van der Waals surface area contributed by atoms with Gasteiger partial charge >= 0.3 is 0 Å². The van der Waals surface area contributed by atoms with Crippen molar-refractivity contribution in [2.24, 2.45) is 0 Å². The Balaban J connectivity index is 2.13. The Hall–Kier alpha value is -1.03. The second kappa shape index (κ2) is 4.00. The normalized spacial score (nSPS) is 16.1. The lowest BCUT2D eigenvalue weighted by atomic mass is 9.93. The van der Waals surface area contributed by atoms with E-state index < -0.39 is 0 Å². The van der Waals surface area contributed by atoms with Crippen molar-refractivity contribution in [3.63, 3.8) is 0 Å². The van der Waals surface area contributed by atoms with Gasteiger partial charge in [-0.3, -0.25) is 0 Å². The Bertz CT molecular complexity index is 325. The molecule has 76 valence electrons. The largest absolute Gasteiger partial charge is 0.366 e. The quantitative estimate of drug-likeness (QED) is 0.806. The number of hydrogen-bond acceptors (Lipinski definition) is 4. The van der Waals surface area contributed by atoms with Gasteiger partial charge in [0, 0.05) is 13.1 Å². The van der Waals surface area contributed by atoms with Crippen LogP contribution >= 0.6 is 11.6 Å². The zero-order valence-corrected chi connectivity index (χ0v) is 8.80. The number of hydrogen-bond donors (Lipinski definition) is 2. The van der Waals surface area contributed by atoms with Crippen LogP contribution in [0.15, 0.2) is 6.20 Å². The molecule has 0 amide bonds. The summed E-state index contributed by atoms with van der Waals surface area (Å²) in [5.41, 5.74) is 0. The van der Waals surface area contributed by atoms with Gasteiger partial charge in [0.2, 0.25) is 5.95 Å². The monoisotopic (exact) mass is 212 g/mol. The lowest BCUT2D eigenvalue weighted by Gasteiger charge is -2.27. The van der Waals surface area contributed by atoms with E-state index in [-0.39, 0.29) is 0 Å². The van der Waals surface area contributed by atoms with Crippen molar-refractivity contribution in [1.29, 1.82) is 0 Å². The highest BCUT2D eigenvalue weighted by Crippen LogP contribution is 2.26. The van der Waals surface area contributed by atoms with E-state index in [1.807, 2.05) is 0 Å². The minimum atomic E-state index is 0.534. The van der Waals surface area contributed by atoms with Crippen molar-refractivity contribution in [2.45, 2.75) is 25.3 Å². The summed E-state index contributed by atoms with van der Waals surface area (Å²) in [6, 6.07) is 0.534. The molecular weight excluding hydrogens is 200 g/mol. The zero-order chi connectivity index (χ0) is 9.97. The summed E-state index contributed by atoms with van der Waals surface area (Å²) in [4.78, 5) is 8.26. The maximum absolute atomic E-state index is 5.96. The van der Waals surface area contributed by atoms with Gasteiger partial charge in [0.15, 0.2) is 5.82 Å². The maximum Gasteiger partial charge on any atom is 0.224 e. The Morgan fingerprint density at radius 1 is 1.50 bits per heavy atom. The predicted octanol–water partition coefficient (Wildman–Crippen LogP) is 2.14. The number of nitrogens with one attached hydrogen (secondary N) is 2. The first-order valence-corrected chi connectivity index (χ1v) is 5.14. The van der Waals surface area contributed by atoms with Gasteiger partial charge in [-0.1, -0.05) is 11.6 Å². The Morgan fingerprint density at radius 2 is 2.29 bits per heavy atom. The first kappa shape index (κ1) is 9.52. The molecule has 0 unspecified atom stereocenters. The number of rotatable bonds is 3. The topological polar surface area (TPSA) is 49.8 Å². The van der Waals surface area contributed by atoms with Crippen LogP contribution in [0.25, 0.3) is 0 Å². The van der Waals surface area contributed by atoms with Crippen LogP contribution in [0.4, 0.5) is 11.8 Å². The van der Waals surface area contributed by atoms with Crippen LogP contribution in [-0.4, -0.2) is 23.1 Å². The molecule has 0 spiro atoms. The fourth-order valence-corrected chi connectivity index (χ4v) is 1.48. The predicted molar refractivity (Wildman–Crippen MR) is 57.9 cm³/mol. The zero-order valence-electron chi connectivity index (χ0n) is 8.05. The van der Waals surface area contributed by atoms with Crippen LogP contribution in [0, 0.1) is 0 Å². The Labute approximate surface area is 88.1 Å². The third kappa shape index (κ3) is 1.90. The number of aromatic nitrogens is 2. The van der Waals surface area contributed by atoms with E-state index in [0.717, 1.165) is 5.82 Å². The van der Waals surface area contributed by atoms with E-state index in [4.69, 9.17) is 11.6 Å². The summed E-state index contributed by atoms with van der Waals surface area (Å²) in [7, 11) is 1.79. The van der Waals surface area contributed by atoms with Gasteiger partial charge in [-0.25, -0.2) is 4.98 Å². The molecule has 0 atom stereocenters. The average Bonchev–Trinajstić information content (AvgIpc) is 2.14. The molecule has 4 nitrogen and oxygen atoms in total. The van der Waals surface area contributed by atoms with E-state index in [1.165, 1.54) is 19.3 Å². The molecule has 0 aromatic carbocycles. The molecule has 14 heavy (non-hydrogen) atoms. The van der Waals surface area contributed by atoms with E-state index in [9.17, 15) is 0 Å². The van der Waals surface area contributed by atoms with Gasteiger partial charge < -0.3 is 10.6 Å². The summed E-state index contributed by atoms with van der Waals surface area (Å²) in [6.45, 7) is 0. The van der Waals surface area contributed by atoms with Crippen LogP contribution in [0.2, 0.25) is 5.02 Å². The third-order valence-corrected chi connectivity index (χ3v) is 2.69. The van der Waals surface area contributed by atoms with Gasteiger partial charge in [0.25, 0.3) is 0 Å². The van der Waals surface area contributed by atoms with Crippen molar-refractivity contribution in [2.75, 3.05) is 17.7 Å². The van der Waals surface area contributed by atoms with Crippen molar-refractivity contribution >= 4 is 23.4 Å². The molecule has 0 saturated heterocycles. The van der Waals surface area contributed by atoms with Crippen LogP contribution < -0.4 is 10.6 Å². The number of nitrogens with zero attached hydrogens (tertiary/aromatic N) is 2. The molecule has 1 fully saturated rings. The highest BCUT2D eigenvalue weighted by molar-refractivity contribution is 6.32. The van der Waals surface area contributed by atoms with Crippen molar-refractivity contribution < 1.29 is 0 Å². The lowest BCUT2D eigenvalue weighted by Crippen LogP contribution is -2.27. The van der Waals surface area contributed by atoms with Crippen LogP contribution in [0.3, 0.4) is 0 Å². The van der Waals surface area contributed by atoms with E-state index >= 15 is 0 Å². The first-order chi connectivity index (χ1) is 6.79. The molecule has 0 bridgehead atoms. The lowest BCUT2D eigenvalue weighted by molar-refractivity contribution is 0.444. The molecule has 1 aliphatic carbocycles. The second-order valence-electron chi connectivity index (χ2n) is 3.41. The van der Waals surface area contributed by atoms with Crippen LogP contribution in [0.1, 0.15) is 19.3 Å². The number of halogens is 1. The fraction of sp³-hybridized carbons (Fsp3) is 0.556. The van der Waals surface area contributed by atoms with Gasteiger partial charge in [0.05, 0.1) is 6.20 Å². The average molecular weight is 213 g/mol. The summed E-state index contributed by atoms with van der Waals surface area (Å²) in [5.74, 6) is 1.33. The first-order valence-electron chi connectivity index (χ1n) is 4.76. The molecular formula is C9H13ClN4. The molecule has 2 N–H and O–H groups in total. The standard InChI is InChI=1S/C9H13ClN4/c1-11-9-12-5-7(10)8(14-9)13-6-3-2-4-6/h5-6H,2-4H2,1H3,(H2,11,12,13,14). The minimum Gasteiger partial charge on any atom is -0.366 e. The molecule has 0 aliphatic heterocycles.